The molecule has 2 atom stereocenters. The van der Waals surface area contributed by atoms with E-state index in [9.17, 15) is 9.18 Å². The van der Waals surface area contributed by atoms with E-state index in [-0.39, 0.29) is 29.0 Å². The van der Waals surface area contributed by atoms with Gasteiger partial charge in [-0.3, -0.25) is 4.79 Å². The second-order valence-corrected chi connectivity index (χ2v) is 7.61. The highest BCUT2D eigenvalue weighted by atomic mass is 19.1. The molecule has 0 aromatic heterocycles. The van der Waals surface area contributed by atoms with Gasteiger partial charge in [-0.1, -0.05) is 57.2 Å². The largest absolute Gasteiger partial charge is 0.273 e. The van der Waals surface area contributed by atoms with E-state index in [1.165, 1.54) is 29.5 Å². The maximum Gasteiger partial charge on any atom is 0.243 e. The molecule has 2 aromatic carbocycles. The molecular weight excluding hydrogens is 315 g/mol. The number of amides is 1. The summed E-state index contributed by atoms with van der Waals surface area (Å²) in [6.07, 6.45) is 2.30. The average molecular weight is 338 g/mol. The van der Waals surface area contributed by atoms with Crippen molar-refractivity contribution >= 4 is 12.1 Å². The number of nitrogens with one attached hydrogen (secondary N) is 1. The van der Waals surface area contributed by atoms with Crippen LogP contribution < -0.4 is 5.43 Å². The predicted molar refractivity (Wildman–Crippen MR) is 98.1 cm³/mol. The first-order valence-corrected chi connectivity index (χ1v) is 8.53. The first-order chi connectivity index (χ1) is 11.8. The second kappa shape index (κ2) is 6.79. The van der Waals surface area contributed by atoms with Crippen molar-refractivity contribution in [1.29, 1.82) is 0 Å². The first kappa shape index (κ1) is 17.3. The Morgan fingerprint density at radius 1 is 1.20 bits per heavy atom. The molecule has 1 aliphatic carbocycles. The number of hydrogen-bond acceptors (Lipinski definition) is 2. The summed E-state index contributed by atoms with van der Waals surface area (Å²) in [5.74, 6) is -0.183. The van der Waals surface area contributed by atoms with Crippen molar-refractivity contribution in [2.45, 2.75) is 38.5 Å². The highest BCUT2D eigenvalue weighted by molar-refractivity contribution is 5.85. The summed E-state index contributed by atoms with van der Waals surface area (Å²) in [5, 5.41) is 3.93. The number of carbonyl (C=O) groups is 1. The van der Waals surface area contributed by atoms with Crippen molar-refractivity contribution in [2.75, 3.05) is 0 Å². The van der Waals surface area contributed by atoms with E-state index < -0.39 is 0 Å². The molecule has 3 nitrogen and oxygen atoms in total. The van der Waals surface area contributed by atoms with Gasteiger partial charge in [0.25, 0.3) is 0 Å². The van der Waals surface area contributed by atoms with Gasteiger partial charge in [0, 0.05) is 5.92 Å². The van der Waals surface area contributed by atoms with Crippen molar-refractivity contribution in [2.24, 2.45) is 11.0 Å². The van der Waals surface area contributed by atoms with Crippen LogP contribution >= 0.6 is 0 Å². The summed E-state index contributed by atoms with van der Waals surface area (Å²) in [5.41, 5.74) is 5.79. The number of halogens is 1. The van der Waals surface area contributed by atoms with Crippen LogP contribution in [-0.2, 0) is 10.2 Å². The van der Waals surface area contributed by atoms with Gasteiger partial charge in [-0.15, -0.1) is 0 Å². The lowest BCUT2D eigenvalue weighted by molar-refractivity contribution is -0.122. The van der Waals surface area contributed by atoms with Gasteiger partial charge in [0.1, 0.15) is 5.82 Å². The third-order valence-electron chi connectivity index (χ3n) is 4.57. The van der Waals surface area contributed by atoms with Gasteiger partial charge in [-0.05, 0) is 46.6 Å². The monoisotopic (exact) mass is 338 g/mol. The van der Waals surface area contributed by atoms with Crippen LogP contribution in [0.5, 0.6) is 0 Å². The molecule has 1 fully saturated rings. The quantitative estimate of drug-likeness (QED) is 0.652. The number of nitrogens with zero attached hydrogens (tertiary/aromatic N) is 1. The molecule has 4 heteroatoms. The van der Waals surface area contributed by atoms with E-state index in [1.807, 2.05) is 0 Å². The van der Waals surface area contributed by atoms with Crippen LogP contribution in [0, 0.1) is 11.7 Å². The molecule has 25 heavy (non-hydrogen) atoms. The van der Waals surface area contributed by atoms with Crippen LogP contribution in [0.1, 0.15) is 49.8 Å². The summed E-state index contributed by atoms with van der Waals surface area (Å²) in [6, 6.07) is 14.6. The molecule has 130 valence electrons. The van der Waals surface area contributed by atoms with Crippen molar-refractivity contribution in [3.63, 3.8) is 0 Å². The highest BCUT2D eigenvalue weighted by Crippen LogP contribution is 2.47. The van der Waals surface area contributed by atoms with Crippen molar-refractivity contribution in [1.82, 2.24) is 5.43 Å². The van der Waals surface area contributed by atoms with E-state index in [1.54, 1.807) is 12.1 Å². The van der Waals surface area contributed by atoms with Crippen LogP contribution in [0.3, 0.4) is 0 Å². The normalized spacial score (nSPS) is 19.8. The van der Waals surface area contributed by atoms with E-state index in [2.05, 4.69) is 55.6 Å². The highest BCUT2D eigenvalue weighted by Gasteiger charge is 2.43. The van der Waals surface area contributed by atoms with Gasteiger partial charge >= 0.3 is 0 Å². The number of rotatable bonds is 4. The fraction of sp³-hybridized carbons (Fsp3) is 0.333. The third kappa shape index (κ3) is 4.32. The molecule has 0 heterocycles. The Bertz CT molecular complexity index is 790. The van der Waals surface area contributed by atoms with Crippen LogP contribution in [0.4, 0.5) is 4.39 Å². The van der Waals surface area contributed by atoms with Crippen LogP contribution in [0.15, 0.2) is 53.6 Å². The average Bonchev–Trinajstić information content (AvgIpc) is 3.35. The summed E-state index contributed by atoms with van der Waals surface area (Å²) < 4.78 is 13.1. The fourth-order valence-electron chi connectivity index (χ4n) is 2.92. The second-order valence-electron chi connectivity index (χ2n) is 7.61. The van der Waals surface area contributed by atoms with Gasteiger partial charge in [0.15, 0.2) is 0 Å². The minimum absolute atomic E-state index is 0.0369. The standard InChI is InChI=1S/C21H23FN2O/c1-21(2,3)16-9-7-15(8-10-16)18-12-19(18)20(25)24-23-13-14-5-4-6-17(22)11-14/h4-11,13,18-19H,12H2,1-3H3,(H,24,25)/b23-13-/t18-,19+/m0/s1. The topological polar surface area (TPSA) is 41.5 Å². The Morgan fingerprint density at radius 2 is 1.92 bits per heavy atom. The molecule has 1 saturated carbocycles. The Morgan fingerprint density at radius 3 is 2.56 bits per heavy atom. The molecule has 0 spiro atoms. The van der Waals surface area contributed by atoms with Gasteiger partial charge < -0.3 is 0 Å². The minimum Gasteiger partial charge on any atom is -0.273 e. The maximum atomic E-state index is 13.1. The molecule has 1 N–H and O–H groups in total. The molecule has 2 aromatic rings. The molecule has 0 radical (unpaired) electrons. The molecule has 1 aliphatic rings. The molecular formula is C21H23FN2O. The zero-order valence-electron chi connectivity index (χ0n) is 14.8. The fourth-order valence-corrected chi connectivity index (χ4v) is 2.92. The van der Waals surface area contributed by atoms with Crippen molar-refractivity contribution in [3.8, 4) is 0 Å². The number of hydrazone groups is 1. The Hall–Kier alpha value is -2.49. The molecule has 1 amide bonds. The van der Waals surface area contributed by atoms with E-state index in [4.69, 9.17) is 0 Å². The van der Waals surface area contributed by atoms with Crippen molar-refractivity contribution in [3.05, 3.63) is 71.0 Å². The van der Waals surface area contributed by atoms with E-state index in [0.717, 1.165) is 6.42 Å². The summed E-state index contributed by atoms with van der Waals surface area (Å²) in [7, 11) is 0. The van der Waals surface area contributed by atoms with Gasteiger partial charge in [-0.25, -0.2) is 9.82 Å². The first-order valence-electron chi connectivity index (χ1n) is 8.53. The summed E-state index contributed by atoms with van der Waals surface area (Å²) in [4.78, 5) is 12.2. The van der Waals surface area contributed by atoms with Crippen LogP contribution in [0.2, 0.25) is 0 Å². The van der Waals surface area contributed by atoms with Gasteiger partial charge in [0.05, 0.1) is 6.21 Å². The minimum atomic E-state index is -0.323. The Labute approximate surface area is 148 Å². The zero-order chi connectivity index (χ0) is 18.0. The summed E-state index contributed by atoms with van der Waals surface area (Å²) in [6.45, 7) is 6.56. The Kier molecular flexibility index (Phi) is 4.71. The van der Waals surface area contributed by atoms with Gasteiger partial charge in [-0.2, -0.15) is 5.10 Å². The SMILES string of the molecule is CC(C)(C)c1ccc([C@@H]2C[C@H]2C(=O)N/N=C\c2cccc(F)c2)cc1. The maximum absolute atomic E-state index is 13.1. The number of carbonyl (C=O) groups excluding carboxylic acids is 1. The van der Waals surface area contributed by atoms with Crippen molar-refractivity contribution < 1.29 is 9.18 Å². The molecule has 0 saturated heterocycles. The molecule has 0 bridgehead atoms. The predicted octanol–water partition coefficient (Wildman–Crippen LogP) is 4.38. The Balaban J connectivity index is 1.55. The van der Waals surface area contributed by atoms with Crippen LogP contribution in [-0.4, -0.2) is 12.1 Å². The smallest absolute Gasteiger partial charge is 0.243 e. The van der Waals surface area contributed by atoms with Crippen LogP contribution in [0.25, 0.3) is 0 Å². The number of hydrogen-bond donors (Lipinski definition) is 1. The zero-order valence-corrected chi connectivity index (χ0v) is 14.8. The lowest BCUT2D eigenvalue weighted by Crippen LogP contribution is -2.20. The lowest BCUT2D eigenvalue weighted by atomic mass is 9.86. The van der Waals surface area contributed by atoms with E-state index >= 15 is 0 Å². The van der Waals surface area contributed by atoms with E-state index in [0.29, 0.717) is 5.56 Å². The number of benzene rings is 2. The molecule has 0 unspecified atom stereocenters. The molecule has 0 aliphatic heterocycles. The third-order valence-corrected chi connectivity index (χ3v) is 4.57. The summed E-state index contributed by atoms with van der Waals surface area (Å²) >= 11 is 0. The molecule has 3 rings (SSSR count). The lowest BCUT2D eigenvalue weighted by Gasteiger charge is -2.19. The van der Waals surface area contributed by atoms with Gasteiger partial charge in [0.2, 0.25) is 5.91 Å².